The molecule has 2 heteroatoms. The van der Waals surface area contributed by atoms with E-state index in [1.54, 1.807) is 0 Å². The summed E-state index contributed by atoms with van der Waals surface area (Å²) >= 11 is 0. The lowest BCUT2D eigenvalue weighted by Crippen LogP contribution is -2.46. The molecule has 0 radical (unpaired) electrons. The Morgan fingerprint density at radius 3 is 1.38 bits per heavy atom. The molecule has 2 fully saturated rings. The van der Waals surface area contributed by atoms with Crippen molar-refractivity contribution >= 4 is 0 Å². The molecule has 0 unspecified atom stereocenters. The van der Waals surface area contributed by atoms with Crippen LogP contribution in [0.1, 0.15) is 57.8 Å². The highest BCUT2D eigenvalue weighted by molar-refractivity contribution is 4.75. The zero-order chi connectivity index (χ0) is 8.93. The SMILES string of the molecule is C1CCC(NNC2CCCC2)CC1. The molecule has 0 spiro atoms. The zero-order valence-electron chi connectivity index (χ0n) is 8.52. The summed E-state index contributed by atoms with van der Waals surface area (Å²) in [6.07, 6.45) is 12.6. The molecule has 2 rings (SSSR count). The van der Waals surface area contributed by atoms with E-state index >= 15 is 0 Å². The predicted molar refractivity (Wildman–Crippen MR) is 55.4 cm³/mol. The molecule has 2 nitrogen and oxygen atoms in total. The Kier molecular flexibility index (Phi) is 3.62. The molecule has 2 saturated carbocycles. The summed E-state index contributed by atoms with van der Waals surface area (Å²) in [7, 11) is 0. The van der Waals surface area contributed by atoms with Crippen LogP contribution in [0.3, 0.4) is 0 Å². The summed E-state index contributed by atoms with van der Waals surface area (Å²) in [5, 5.41) is 0. The van der Waals surface area contributed by atoms with Gasteiger partial charge in [0.2, 0.25) is 0 Å². The average molecular weight is 182 g/mol. The van der Waals surface area contributed by atoms with Crippen LogP contribution in [0.2, 0.25) is 0 Å². The largest absolute Gasteiger partial charge is 0.255 e. The van der Waals surface area contributed by atoms with Gasteiger partial charge in [-0.3, -0.25) is 10.9 Å². The standard InChI is InChI=1S/C11H22N2/c1-2-6-10(7-3-1)12-13-11-8-4-5-9-11/h10-13H,1-9H2. The first-order valence-corrected chi connectivity index (χ1v) is 5.96. The topological polar surface area (TPSA) is 24.1 Å². The van der Waals surface area contributed by atoms with Gasteiger partial charge in [0.15, 0.2) is 0 Å². The smallest absolute Gasteiger partial charge is 0.0213 e. The monoisotopic (exact) mass is 182 g/mol. The highest BCUT2D eigenvalue weighted by Gasteiger charge is 2.17. The molecule has 76 valence electrons. The lowest BCUT2D eigenvalue weighted by molar-refractivity contribution is 0.307. The molecule has 0 aliphatic heterocycles. The maximum atomic E-state index is 3.51. The third-order valence-corrected chi connectivity index (χ3v) is 3.45. The lowest BCUT2D eigenvalue weighted by atomic mass is 9.96. The predicted octanol–water partition coefficient (Wildman–Crippen LogP) is 2.36. The van der Waals surface area contributed by atoms with Crippen LogP contribution in [0.25, 0.3) is 0 Å². The summed E-state index contributed by atoms with van der Waals surface area (Å²) in [6.45, 7) is 0. The van der Waals surface area contributed by atoms with Gasteiger partial charge in [-0.2, -0.15) is 0 Å². The van der Waals surface area contributed by atoms with Crippen LogP contribution in [0.15, 0.2) is 0 Å². The van der Waals surface area contributed by atoms with E-state index in [9.17, 15) is 0 Å². The molecule has 0 aromatic rings. The quantitative estimate of drug-likeness (QED) is 0.655. The number of hydrogen-bond donors (Lipinski definition) is 2. The van der Waals surface area contributed by atoms with Gasteiger partial charge >= 0.3 is 0 Å². The van der Waals surface area contributed by atoms with E-state index in [4.69, 9.17) is 0 Å². The Balaban J connectivity index is 1.60. The minimum Gasteiger partial charge on any atom is -0.255 e. The van der Waals surface area contributed by atoms with Crippen molar-refractivity contribution in [2.24, 2.45) is 0 Å². The van der Waals surface area contributed by atoms with Crippen LogP contribution < -0.4 is 10.9 Å². The lowest BCUT2D eigenvalue weighted by Gasteiger charge is -2.25. The van der Waals surface area contributed by atoms with E-state index in [-0.39, 0.29) is 0 Å². The first kappa shape index (κ1) is 9.47. The van der Waals surface area contributed by atoms with Crippen LogP contribution in [0.4, 0.5) is 0 Å². The normalized spacial score (nSPS) is 26.8. The fourth-order valence-corrected chi connectivity index (χ4v) is 2.55. The van der Waals surface area contributed by atoms with Gasteiger partial charge < -0.3 is 0 Å². The Hall–Kier alpha value is -0.0800. The Morgan fingerprint density at radius 1 is 0.538 bits per heavy atom. The van der Waals surface area contributed by atoms with E-state index in [1.165, 1.54) is 57.8 Å². The first-order chi connectivity index (χ1) is 6.45. The molecule has 0 atom stereocenters. The molecule has 0 aromatic heterocycles. The summed E-state index contributed by atoms with van der Waals surface area (Å²) in [6, 6.07) is 1.52. The van der Waals surface area contributed by atoms with E-state index in [1.807, 2.05) is 0 Å². The van der Waals surface area contributed by atoms with E-state index in [2.05, 4.69) is 10.9 Å². The van der Waals surface area contributed by atoms with Gasteiger partial charge in [-0.25, -0.2) is 0 Å². The van der Waals surface area contributed by atoms with Gasteiger partial charge in [0.05, 0.1) is 0 Å². The zero-order valence-corrected chi connectivity index (χ0v) is 8.52. The molecule has 0 saturated heterocycles. The van der Waals surface area contributed by atoms with Crippen LogP contribution in [-0.2, 0) is 0 Å². The first-order valence-electron chi connectivity index (χ1n) is 5.96. The average Bonchev–Trinajstić information content (AvgIpc) is 2.69. The van der Waals surface area contributed by atoms with Gasteiger partial charge in [-0.15, -0.1) is 0 Å². The van der Waals surface area contributed by atoms with Gasteiger partial charge in [0, 0.05) is 12.1 Å². The van der Waals surface area contributed by atoms with Crippen molar-refractivity contribution in [3.8, 4) is 0 Å². The molecule has 0 aromatic carbocycles. The van der Waals surface area contributed by atoms with Gasteiger partial charge in [-0.1, -0.05) is 32.1 Å². The molecule has 0 heterocycles. The van der Waals surface area contributed by atoms with Gasteiger partial charge in [-0.05, 0) is 25.7 Å². The summed E-state index contributed by atoms with van der Waals surface area (Å²) in [5.74, 6) is 0. The van der Waals surface area contributed by atoms with Crippen molar-refractivity contribution in [2.75, 3.05) is 0 Å². The van der Waals surface area contributed by atoms with Crippen LogP contribution in [0, 0.1) is 0 Å². The second kappa shape index (κ2) is 4.97. The minimum absolute atomic E-state index is 0.759. The van der Waals surface area contributed by atoms with E-state index < -0.39 is 0 Å². The molecular weight excluding hydrogens is 160 g/mol. The Bertz CT molecular complexity index is 135. The Morgan fingerprint density at radius 2 is 0.923 bits per heavy atom. The van der Waals surface area contributed by atoms with E-state index in [0.29, 0.717) is 0 Å². The summed E-state index contributed by atoms with van der Waals surface area (Å²) in [5.41, 5.74) is 7.01. The molecule has 2 aliphatic carbocycles. The van der Waals surface area contributed by atoms with Crippen molar-refractivity contribution in [3.05, 3.63) is 0 Å². The molecule has 2 N–H and O–H groups in total. The highest BCUT2D eigenvalue weighted by Crippen LogP contribution is 2.19. The van der Waals surface area contributed by atoms with Crippen molar-refractivity contribution in [2.45, 2.75) is 69.9 Å². The molecule has 13 heavy (non-hydrogen) atoms. The third kappa shape index (κ3) is 2.96. The number of rotatable bonds is 3. The fourth-order valence-electron chi connectivity index (χ4n) is 2.55. The molecular formula is C11H22N2. The maximum Gasteiger partial charge on any atom is 0.0213 e. The Labute approximate surface area is 81.4 Å². The van der Waals surface area contributed by atoms with Gasteiger partial charge in [0.1, 0.15) is 0 Å². The van der Waals surface area contributed by atoms with Crippen molar-refractivity contribution in [1.29, 1.82) is 0 Å². The summed E-state index contributed by atoms with van der Waals surface area (Å²) < 4.78 is 0. The molecule has 0 amide bonds. The molecule has 0 bridgehead atoms. The molecule has 2 aliphatic rings. The number of nitrogens with one attached hydrogen (secondary N) is 2. The maximum absolute atomic E-state index is 3.51. The number of hydrogen-bond acceptors (Lipinski definition) is 2. The second-order valence-electron chi connectivity index (χ2n) is 4.60. The fraction of sp³-hybridized carbons (Fsp3) is 1.00. The van der Waals surface area contributed by atoms with Crippen LogP contribution >= 0.6 is 0 Å². The van der Waals surface area contributed by atoms with Gasteiger partial charge in [0.25, 0.3) is 0 Å². The summed E-state index contributed by atoms with van der Waals surface area (Å²) in [4.78, 5) is 0. The minimum atomic E-state index is 0.759. The third-order valence-electron chi connectivity index (χ3n) is 3.45. The number of hydrazine groups is 1. The van der Waals surface area contributed by atoms with Crippen molar-refractivity contribution in [3.63, 3.8) is 0 Å². The van der Waals surface area contributed by atoms with E-state index in [0.717, 1.165) is 12.1 Å². The van der Waals surface area contributed by atoms with Crippen molar-refractivity contribution < 1.29 is 0 Å². The van der Waals surface area contributed by atoms with Crippen molar-refractivity contribution in [1.82, 2.24) is 10.9 Å². The highest BCUT2D eigenvalue weighted by atomic mass is 15.4. The second-order valence-corrected chi connectivity index (χ2v) is 4.60. The van der Waals surface area contributed by atoms with Crippen LogP contribution in [0.5, 0.6) is 0 Å². The van der Waals surface area contributed by atoms with Crippen LogP contribution in [-0.4, -0.2) is 12.1 Å².